The normalized spacial score (nSPS) is 16.5. The highest BCUT2D eigenvalue weighted by Gasteiger charge is 2.40. The van der Waals surface area contributed by atoms with Gasteiger partial charge in [0.1, 0.15) is 12.1 Å². The van der Waals surface area contributed by atoms with Gasteiger partial charge in [0.05, 0.1) is 0 Å². The molecule has 8 heteroatoms. The third-order valence-corrected chi connectivity index (χ3v) is 4.27. The van der Waals surface area contributed by atoms with E-state index in [2.05, 4.69) is 20.7 Å². The van der Waals surface area contributed by atoms with E-state index in [1.54, 1.807) is 0 Å². The number of tetrazole rings is 1. The largest absolute Gasteiger partial charge is 0.480 e. The average Bonchev–Trinajstić information content (AvgIpc) is 3.04. The summed E-state index contributed by atoms with van der Waals surface area (Å²) in [7, 11) is 0. The van der Waals surface area contributed by atoms with Crippen molar-refractivity contribution in [2.24, 2.45) is 0 Å². The van der Waals surface area contributed by atoms with Crippen LogP contribution in [0.4, 0.5) is 0 Å². The van der Waals surface area contributed by atoms with Gasteiger partial charge >= 0.3 is 5.97 Å². The van der Waals surface area contributed by atoms with E-state index in [0.29, 0.717) is 18.7 Å². The third-order valence-electron chi connectivity index (χ3n) is 4.27. The number of rotatable bonds is 5. The predicted octanol–water partition coefficient (Wildman–Crippen LogP) is 1.24. The van der Waals surface area contributed by atoms with Gasteiger partial charge in [0, 0.05) is 5.56 Å². The Labute approximate surface area is 138 Å². The molecule has 2 aromatic rings. The monoisotopic (exact) mass is 329 g/mol. The number of hydrogen-bond acceptors (Lipinski definition) is 5. The summed E-state index contributed by atoms with van der Waals surface area (Å²) in [5.41, 5.74) is -0.364. The van der Waals surface area contributed by atoms with Crippen molar-refractivity contribution in [1.82, 2.24) is 25.5 Å². The molecule has 3 rings (SSSR count). The van der Waals surface area contributed by atoms with Crippen LogP contribution >= 0.6 is 0 Å². The molecule has 1 fully saturated rings. The molecule has 24 heavy (non-hydrogen) atoms. The summed E-state index contributed by atoms with van der Waals surface area (Å²) >= 11 is 0. The SMILES string of the molecule is O=C(Cn1nnc(-c2ccccc2)n1)NC1(C(=O)O)CCCCC1. The number of nitrogens with zero attached hydrogens (tertiary/aromatic N) is 4. The minimum atomic E-state index is -1.17. The molecular formula is C16H19N5O3. The Kier molecular flexibility index (Phi) is 4.54. The average molecular weight is 329 g/mol. The van der Waals surface area contributed by atoms with Crippen LogP contribution in [0.3, 0.4) is 0 Å². The maximum Gasteiger partial charge on any atom is 0.329 e. The van der Waals surface area contributed by atoms with Crippen LogP contribution in [0.1, 0.15) is 32.1 Å². The Morgan fingerprint density at radius 1 is 1.17 bits per heavy atom. The molecule has 2 N–H and O–H groups in total. The molecular weight excluding hydrogens is 310 g/mol. The van der Waals surface area contributed by atoms with E-state index in [-0.39, 0.29) is 6.54 Å². The standard InChI is InChI=1S/C16H19N5O3/c22-13(17-16(15(23)24)9-5-2-6-10-16)11-21-19-14(18-20-21)12-7-3-1-4-8-12/h1,3-4,7-8H,2,5-6,9-11H2,(H,17,22)(H,23,24). The van der Waals surface area contributed by atoms with Crippen LogP contribution < -0.4 is 5.32 Å². The topological polar surface area (TPSA) is 110 Å². The highest BCUT2D eigenvalue weighted by atomic mass is 16.4. The number of aliphatic carboxylic acids is 1. The molecule has 1 saturated carbocycles. The zero-order chi connectivity index (χ0) is 17.0. The van der Waals surface area contributed by atoms with Crippen LogP contribution in [0.2, 0.25) is 0 Å². The fraction of sp³-hybridized carbons (Fsp3) is 0.438. The summed E-state index contributed by atoms with van der Waals surface area (Å²) in [5, 5.41) is 24.1. The molecule has 1 heterocycles. The van der Waals surface area contributed by atoms with Crippen LogP contribution in [0.25, 0.3) is 11.4 Å². The number of hydrogen-bond donors (Lipinski definition) is 2. The van der Waals surface area contributed by atoms with Crippen molar-refractivity contribution >= 4 is 11.9 Å². The predicted molar refractivity (Wildman–Crippen MR) is 84.8 cm³/mol. The van der Waals surface area contributed by atoms with E-state index < -0.39 is 17.4 Å². The van der Waals surface area contributed by atoms with Crippen LogP contribution in [-0.4, -0.2) is 42.7 Å². The first-order valence-corrected chi connectivity index (χ1v) is 7.97. The lowest BCUT2D eigenvalue weighted by atomic mass is 9.81. The maximum absolute atomic E-state index is 12.2. The molecule has 0 radical (unpaired) electrons. The van der Waals surface area contributed by atoms with Crippen molar-refractivity contribution in [3.8, 4) is 11.4 Å². The van der Waals surface area contributed by atoms with Gasteiger partial charge in [-0.1, -0.05) is 49.6 Å². The van der Waals surface area contributed by atoms with Crippen LogP contribution in [-0.2, 0) is 16.1 Å². The molecule has 0 aliphatic heterocycles. The van der Waals surface area contributed by atoms with E-state index in [9.17, 15) is 14.7 Å². The summed E-state index contributed by atoms with van der Waals surface area (Å²) in [6.07, 6.45) is 3.50. The Balaban J connectivity index is 1.67. The van der Waals surface area contributed by atoms with E-state index in [4.69, 9.17) is 0 Å². The molecule has 0 unspecified atom stereocenters. The molecule has 0 bridgehead atoms. The first-order chi connectivity index (χ1) is 11.6. The van der Waals surface area contributed by atoms with Gasteiger partial charge in [0.2, 0.25) is 11.7 Å². The second-order valence-corrected chi connectivity index (χ2v) is 6.01. The van der Waals surface area contributed by atoms with Crippen LogP contribution in [0, 0.1) is 0 Å². The minimum absolute atomic E-state index is 0.158. The van der Waals surface area contributed by atoms with Crippen molar-refractivity contribution in [3.63, 3.8) is 0 Å². The van der Waals surface area contributed by atoms with Gasteiger partial charge in [0.25, 0.3) is 0 Å². The Morgan fingerprint density at radius 2 is 1.88 bits per heavy atom. The van der Waals surface area contributed by atoms with Gasteiger partial charge in [-0.3, -0.25) is 4.79 Å². The van der Waals surface area contributed by atoms with Gasteiger partial charge in [-0.05, 0) is 18.1 Å². The van der Waals surface area contributed by atoms with E-state index in [1.807, 2.05) is 30.3 Å². The van der Waals surface area contributed by atoms with E-state index >= 15 is 0 Å². The Bertz CT molecular complexity index is 722. The smallest absolute Gasteiger partial charge is 0.329 e. The number of amides is 1. The lowest BCUT2D eigenvalue weighted by Crippen LogP contribution is -2.56. The first-order valence-electron chi connectivity index (χ1n) is 7.97. The molecule has 8 nitrogen and oxygen atoms in total. The molecule has 1 aliphatic carbocycles. The summed E-state index contributed by atoms with van der Waals surface area (Å²) in [4.78, 5) is 25.0. The Morgan fingerprint density at radius 3 is 2.54 bits per heavy atom. The molecule has 0 spiro atoms. The van der Waals surface area contributed by atoms with Crippen LogP contribution in [0.15, 0.2) is 30.3 Å². The third kappa shape index (κ3) is 3.42. The molecule has 0 saturated heterocycles. The lowest BCUT2D eigenvalue weighted by molar-refractivity contribution is -0.149. The summed E-state index contributed by atoms with van der Waals surface area (Å²) in [5.74, 6) is -0.975. The lowest BCUT2D eigenvalue weighted by Gasteiger charge is -2.33. The number of benzene rings is 1. The van der Waals surface area contributed by atoms with Crippen molar-refractivity contribution < 1.29 is 14.7 Å². The molecule has 0 atom stereocenters. The first kappa shape index (κ1) is 16.1. The van der Waals surface area contributed by atoms with E-state index in [1.165, 1.54) is 4.80 Å². The quantitative estimate of drug-likeness (QED) is 0.854. The van der Waals surface area contributed by atoms with Gasteiger partial charge in [-0.2, -0.15) is 4.80 Å². The van der Waals surface area contributed by atoms with Gasteiger partial charge in [-0.15, -0.1) is 10.2 Å². The molecule has 1 amide bonds. The zero-order valence-corrected chi connectivity index (χ0v) is 13.2. The van der Waals surface area contributed by atoms with Gasteiger partial charge in [0.15, 0.2) is 0 Å². The van der Waals surface area contributed by atoms with Crippen molar-refractivity contribution in [1.29, 1.82) is 0 Å². The number of carboxylic acids is 1. The minimum Gasteiger partial charge on any atom is -0.480 e. The molecule has 1 aromatic carbocycles. The Hall–Kier alpha value is -2.77. The van der Waals surface area contributed by atoms with Crippen molar-refractivity contribution in [2.75, 3.05) is 0 Å². The van der Waals surface area contributed by atoms with Gasteiger partial charge < -0.3 is 10.4 Å². The van der Waals surface area contributed by atoms with E-state index in [0.717, 1.165) is 24.8 Å². The molecule has 126 valence electrons. The summed E-state index contributed by atoms with van der Waals surface area (Å²) in [6, 6.07) is 9.31. The van der Waals surface area contributed by atoms with Crippen molar-refractivity contribution in [2.45, 2.75) is 44.2 Å². The fourth-order valence-electron chi connectivity index (χ4n) is 3.00. The van der Waals surface area contributed by atoms with Crippen LogP contribution in [0.5, 0.6) is 0 Å². The molecule has 1 aliphatic rings. The number of carbonyl (C=O) groups is 2. The van der Waals surface area contributed by atoms with Gasteiger partial charge in [-0.25, -0.2) is 4.79 Å². The zero-order valence-electron chi connectivity index (χ0n) is 13.2. The number of nitrogens with one attached hydrogen (secondary N) is 1. The highest BCUT2D eigenvalue weighted by molar-refractivity contribution is 5.87. The summed E-state index contributed by atoms with van der Waals surface area (Å²) < 4.78 is 0. The maximum atomic E-state index is 12.2. The fourth-order valence-corrected chi connectivity index (χ4v) is 3.00. The number of carboxylic acid groups (broad SMARTS) is 1. The number of aromatic nitrogens is 4. The second-order valence-electron chi connectivity index (χ2n) is 6.01. The highest BCUT2D eigenvalue weighted by Crippen LogP contribution is 2.28. The van der Waals surface area contributed by atoms with Crippen molar-refractivity contribution in [3.05, 3.63) is 30.3 Å². The second kappa shape index (κ2) is 6.77. The number of carbonyl (C=O) groups excluding carboxylic acids is 1. The summed E-state index contributed by atoms with van der Waals surface area (Å²) in [6.45, 7) is -0.158. The molecule has 1 aromatic heterocycles.